The zero-order chi connectivity index (χ0) is 15.1. The van der Waals surface area contributed by atoms with Crippen LogP contribution in [0, 0.1) is 0 Å². The molecule has 0 aliphatic carbocycles. The summed E-state index contributed by atoms with van der Waals surface area (Å²) in [6, 6.07) is 22.1. The van der Waals surface area contributed by atoms with Crippen molar-refractivity contribution in [3.8, 4) is 0 Å². The predicted molar refractivity (Wildman–Crippen MR) is 88.7 cm³/mol. The van der Waals surface area contributed by atoms with E-state index in [1.54, 1.807) is 7.11 Å². The number of methoxy groups -OCH3 is 1. The number of hydrogen-bond donors (Lipinski definition) is 1. The Bertz CT molecular complexity index is 472. The maximum absolute atomic E-state index is 5.23. The van der Waals surface area contributed by atoms with Gasteiger partial charge in [-0.15, -0.1) is 0 Å². The molecule has 2 nitrogen and oxygen atoms in total. The Hall–Kier alpha value is -1.64. The second-order valence-corrected chi connectivity index (χ2v) is 5.61. The highest BCUT2D eigenvalue weighted by atomic mass is 16.5. The minimum atomic E-state index is 0.333. The molecule has 2 rings (SSSR count). The average molecular weight is 283 g/mol. The van der Waals surface area contributed by atoms with E-state index in [1.165, 1.54) is 11.1 Å². The van der Waals surface area contributed by atoms with Crippen LogP contribution in [0.5, 0.6) is 0 Å². The van der Waals surface area contributed by atoms with E-state index in [1.807, 2.05) is 0 Å². The fourth-order valence-corrected chi connectivity index (χ4v) is 2.93. The van der Waals surface area contributed by atoms with Crippen molar-refractivity contribution < 1.29 is 4.74 Å². The van der Waals surface area contributed by atoms with Crippen molar-refractivity contribution in [2.24, 2.45) is 0 Å². The summed E-state index contributed by atoms with van der Waals surface area (Å²) in [6.07, 6.45) is 0. The lowest BCUT2D eigenvalue weighted by atomic mass is 9.85. The maximum Gasteiger partial charge on any atom is 0.0613 e. The van der Waals surface area contributed by atoms with Crippen LogP contribution in [0.4, 0.5) is 0 Å². The largest absolute Gasteiger partial charge is 0.383 e. The zero-order valence-corrected chi connectivity index (χ0v) is 13.1. The van der Waals surface area contributed by atoms with Gasteiger partial charge in [-0.05, 0) is 25.0 Å². The Morgan fingerprint density at radius 2 is 1.33 bits per heavy atom. The quantitative estimate of drug-likeness (QED) is 0.834. The summed E-state index contributed by atoms with van der Waals surface area (Å²) < 4.78 is 5.23. The Morgan fingerprint density at radius 3 is 1.76 bits per heavy atom. The first-order chi connectivity index (χ1) is 10.2. The molecule has 2 aromatic rings. The van der Waals surface area contributed by atoms with Gasteiger partial charge in [0, 0.05) is 25.1 Å². The third kappa shape index (κ3) is 4.42. The fourth-order valence-electron chi connectivity index (χ4n) is 2.93. The number of hydrogen-bond acceptors (Lipinski definition) is 2. The van der Waals surface area contributed by atoms with Crippen LogP contribution < -0.4 is 5.32 Å². The van der Waals surface area contributed by atoms with E-state index in [0.29, 0.717) is 18.0 Å². The second-order valence-electron chi connectivity index (χ2n) is 5.61. The molecular weight excluding hydrogens is 258 g/mol. The second kappa shape index (κ2) is 7.96. The van der Waals surface area contributed by atoms with E-state index >= 15 is 0 Å². The van der Waals surface area contributed by atoms with Crippen molar-refractivity contribution in [1.29, 1.82) is 0 Å². The first-order valence-electron chi connectivity index (χ1n) is 7.57. The van der Waals surface area contributed by atoms with E-state index in [9.17, 15) is 0 Å². The molecule has 2 heteroatoms. The molecule has 0 bridgehead atoms. The van der Waals surface area contributed by atoms with Gasteiger partial charge < -0.3 is 10.1 Å². The Kier molecular flexibility index (Phi) is 5.97. The molecule has 0 aromatic heterocycles. The van der Waals surface area contributed by atoms with Crippen LogP contribution in [-0.4, -0.2) is 25.8 Å². The third-order valence-corrected chi connectivity index (χ3v) is 3.78. The van der Waals surface area contributed by atoms with Gasteiger partial charge in [0.25, 0.3) is 0 Å². The van der Waals surface area contributed by atoms with E-state index < -0.39 is 0 Å². The van der Waals surface area contributed by atoms with E-state index in [4.69, 9.17) is 4.74 Å². The molecule has 2 unspecified atom stereocenters. The van der Waals surface area contributed by atoms with Gasteiger partial charge in [0.15, 0.2) is 0 Å². The van der Waals surface area contributed by atoms with Gasteiger partial charge >= 0.3 is 0 Å². The van der Waals surface area contributed by atoms with Crippen molar-refractivity contribution in [3.05, 3.63) is 71.8 Å². The highest BCUT2D eigenvalue weighted by Crippen LogP contribution is 2.28. The van der Waals surface area contributed by atoms with Crippen LogP contribution in [0.1, 0.15) is 30.9 Å². The highest BCUT2D eigenvalue weighted by Gasteiger charge is 2.22. The van der Waals surface area contributed by atoms with Crippen LogP contribution in [-0.2, 0) is 4.74 Å². The van der Waals surface area contributed by atoms with Crippen molar-refractivity contribution >= 4 is 0 Å². The van der Waals surface area contributed by atoms with Crippen molar-refractivity contribution in [2.45, 2.75) is 31.8 Å². The topological polar surface area (TPSA) is 21.3 Å². The summed E-state index contributed by atoms with van der Waals surface area (Å²) >= 11 is 0. The molecule has 2 atom stereocenters. The van der Waals surface area contributed by atoms with Crippen LogP contribution >= 0.6 is 0 Å². The molecule has 0 aliphatic rings. The van der Waals surface area contributed by atoms with Crippen LogP contribution in [0.15, 0.2) is 60.7 Å². The summed E-state index contributed by atoms with van der Waals surface area (Å²) in [4.78, 5) is 0. The summed E-state index contributed by atoms with van der Waals surface area (Å²) in [5.41, 5.74) is 2.68. The summed E-state index contributed by atoms with van der Waals surface area (Å²) in [6.45, 7) is 5.13. The maximum atomic E-state index is 5.23. The van der Waals surface area contributed by atoms with Crippen molar-refractivity contribution in [1.82, 2.24) is 5.32 Å². The molecule has 0 spiro atoms. The summed E-state index contributed by atoms with van der Waals surface area (Å²) in [5.74, 6) is 0.340. The number of nitrogens with one attached hydrogen (secondary N) is 1. The Labute approximate surface area is 128 Å². The van der Waals surface area contributed by atoms with E-state index in [0.717, 1.165) is 6.61 Å². The average Bonchev–Trinajstić information content (AvgIpc) is 2.50. The lowest BCUT2D eigenvalue weighted by Crippen LogP contribution is -2.41. The molecule has 112 valence electrons. The zero-order valence-electron chi connectivity index (χ0n) is 13.1. The van der Waals surface area contributed by atoms with Crippen LogP contribution in [0.3, 0.4) is 0 Å². The molecule has 2 aromatic carbocycles. The predicted octanol–water partition coefficient (Wildman–Crippen LogP) is 3.83. The molecule has 0 heterocycles. The fraction of sp³-hybridized carbons (Fsp3) is 0.368. The smallest absolute Gasteiger partial charge is 0.0613 e. The Balaban J connectivity index is 2.24. The van der Waals surface area contributed by atoms with Gasteiger partial charge in [-0.2, -0.15) is 0 Å². The third-order valence-electron chi connectivity index (χ3n) is 3.78. The van der Waals surface area contributed by atoms with Crippen molar-refractivity contribution in [2.75, 3.05) is 13.7 Å². The SMILES string of the molecule is COCC(C)NC(C)C(c1ccccc1)c1ccccc1. The van der Waals surface area contributed by atoms with Gasteiger partial charge in [-0.1, -0.05) is 60.7 Å². The number of benzene rings is 2. The van der Waals surface area contributed by atoms with Gasteiger partial charge in [0.05, 0.1) is 6.61 Å². The molecular formula is C19H25NO. The van der Waals surface area contributed by atoms with Gasteiger partial charge in [-0.3, -0.25) is 0 Å². The normalized spacial score (nSPS) is 14.1. The van der Waals surface area contributed by atoms with Gasteiger partial charge in [-0.25, -0.2) is 0 Å². The minimum Gasteiger partial charge on any atom is -0.383 e. The molecule has 1 N–H and O–H groups in total. The standard InChI is InChI=1S/C19H25NO/c1-15(14-21-3)20-16(2)19(17-10-6-4-7-11-17)18-12-8-5-9-13-18/h4-13,15-16,19-20H,14H2,1-3H3. The lowest BCUT2D eigenvalue weighted by Gasteiger charge is -2.28. The first-order valence-corrected chi connectivity index (χ1v) is 7.57. The summed E-state index contributed by atoms with van der Waals surface area (Å²) in [5, 5.41) is 3.65. The van der Waals surface area contributed by atoms with Crippen molar-refractivity contribution in [3.63, 3.8) is 0 Å². The number of ether oxygens (including phenoxy) is 1. The van der Waals surface area contributed by atoms with Gasteiger partial charge in [0.2, 0.25) is 0 Å². The van der Waals surface area contributed by atoms with E-state index in [2.05, 4.69) is 79.8 Å². The monoisotopic (exact) mass is 283 g/mol. The van der Waals surface area contributed by atoms with E-state index in [-0.39, 0.29) is 0 Å². The molecule has 0 radical (unpaired) electrons. The minimum absolute atomic E-state index is 0.333. The number of rotatable bonds is 7. The van der Waals surface area contributed by atoms with Gasteiger partial charge in [0.1, 0.15) is 0 Å². The molecule has 0 fully saturated rings. The highest BCUT2D eigenvalue weighted by molar-refractivity contribution is 5.34. The lowest BCUT2D eigenvalue weighted by molar-refractivity contribution is 0.166. The van der Waals surface area contributed by atoms with Crippen LogP contribution in [0.25, 0.3) is 0 Å². The summed E-state index contributed by atoms with van der Waals surface area (Å²) in [7, 11) is 1.74. The first kappa shape index (κ1) is 15.7. The molecule has 0 saturated carbocycles. The Morgan fingerprint density at radius 1 is 0.857 bits per heavy atom. The molecule has 0 saturated heterocycles. The van der Waals surface area contributed by atoms with Crippen LogP contribution in [0.2, 0.25) is 0 Å². The molecule has 0 amide bonds. The molecule has 21 heavy (non-hydrogen) atoms. The molecule has 0 aliphatic heterocycles.